The molecule has 0 aliphatic carbocycles. The molecule has 2 aromatic rings. The van der Waals surface area contributed by atoms with Crippen LogP contribution in [0.1, 0.15) is 22.6 Å². The molecule has 0 radical (unpaired) electrons. The van der Waals surface area contributed by atoms with E-state index in [1.54, 1.807) is 18.2 Å². The summed E-state index contributed by atoms with van der Waals surface area (Å²) in [6.45, 7) is 1.88. The highest BCUT2D eigenvalue weighted by molar-refractivity contribution is 6.30. The maximum atomic E-state index is 11.5. The van der Waals surface area contributed by atoms with E-state index in [2.05, 4.69) is 0 Å². The van der Waals surface area contributed by atoms with Crippen LogP contribution in [0, 0.1) is 6.92 Å². The van der Waals surface area contributed by atoms with Gasteiger partial charge in [-0.25, -0.2) is 0 Å². The summed E-state index contributed by atoms with van der Waals surface area (Å²) in [6.07, 6.45) is 0. The largest absolute Gasteiger partial charge is 0.481 e. The zero-order chi connectivity index (χ0) is 13.1. The lowest BCUT2D eigenvalue weighted by Gasteiger charge is -2.16. The van der Waals surface area contributed by atoms with Gasteiger partial charge in [-0.05, 0) is 35.7 Å². The lowest BCUT2D eigenvalue weighted by atomic mass is 9.89. The van der Waals surface area contributed by atoms with Crippen LogP contribution in [0.5, 0.6) is 0 Å². The van der Waals surface area contributed by atoms with E-state index in [0.717, 1.165) is 16.7 Å². The zero-order valence-electron chi connectivity index (χ0n) is 9.93. The third kappa shape index (κ3) is 2.54. The number of carboxylic acids is 1. The molecule has 18 heavy (non-hydrogen) atoms. The van der Waals surface area contributed by atoms with Gasteiger partial charge >= 0.3 is 5.97 Å². The average molecular weight is 261 g/mol. The van der Waals surface area contributed by atoms with Crippen molar-refractivity contribution in [2.75, 3.05) is 0 Å². The average Bonchev–Trinajstić information content (AvgIpc) is 2.33. The van der Waals surface area contributed by atoms with Crippen molar-refractivity contribution in [1.82, 2.24) is 0 Å². The Hall–Kier alpha value is -1.80. The van der Waals surface area contributed by atoms with Crippen molar-refractivity contribution < 1.29 is 9.90 Å². The quantitative estimate of drug-likeness (QED) is 0.910. The van der Waals surface area contributed by atoms with Crippen LogP contribution in [0.4, 0.5) is 0 Å². The fourth-order valence-corrected chi connectivity index (χ4v) is 2.29. The lowest BCUT2D eigenvalue weighted by molar-refractivity contribution is -0.137. The Kier molecular flexibility index (Phi) is 3.68. The van der Waals surface area contributed by atoms with Gasteiger partial charge in [-0.2, -0.15) is 0 Å². The monoisotopic (exact) mass is 260 g/mol. The summed E-state index contributed by atoms with van der Waals surface area (Å²) in [7, 11) is 0. The molecule has 2 rings (SSSR count). The van der Waals surface area contributed by atoms with Crippen molar-refractivity contribution in [3.8, 4) is 0 Å². The van der Waals surface area contributed by atoms with Gasteiger partial charge < -0.3 is 5.11 Å². The molecule has 0 amide bonds. The normalized spacial score (nSPS) is 12.1. The molecule has 0 fully saturated rings. The number of rotatable bonds is 3. The topological polar surface area (TPSA) is 37.3 Å². The molecule has 2 aromatic carbocycles. The lowest BCUT2D eigenvalue weighted by Crippen LogP contribution is -2.14. The Morgan fingerprint density at radius 1 is 1.17 bits per heavy atom. The molecular weight excluding hydrogens is 248 g/mol. The van der Waals surface area contributed by atoms with Crippen LogP contribution >= 0.6 is 11.6 Å². The number of halogens is 1. The zero-order valence-corrected chi connectivity index (χ0v) is 10.7. The van der Waals surface area contributed by atoms with Crippen LogP contribution in [0.2, 0.25) is 5.02 Å². The molecule has 0 spiro atoms. The highest BCUT2D eigenvalue weighted by Gasteiger charge is 2.23. The minimum atomic E-state index is -0.855. The van der Waals surface area contributed by atoms with E-state index in [0.29, 0.717) is 5.02 Å². The summed E-state index contributed by atoms with van der Waals surface area (Å²) in [6, 6.07) is 14.5. The maximum Gasteiger partial charge on any atom is 0.315 e. The predicted molar refractivity (Wildman–Crippen MR) is 72.1 cm³/mol. The second-order valence-electron chi connectivity index (χ2n) is 4.18. The van der Waals surface area contributed by atoms with Gasteiger partial charge in [0.1, 0.15) is 5.92 Å². The second kappa shape index (κ2) is 5.23. The second-order valence-corrected chi connectivity index (χ2v) is 4.62. The Balaban J connectivity index is 2.52. The third-order valence-corrected chi connectivity index (χ3v) is 3.16. The molecule has 1 atom stereocenters. The Morgan fingerprint density at radius 2 is 1.83 bits per heavy atom. The van der Waals surface area contributed by atoms with Crippen molar-refractivity contribution in [3.05, 3.63) is 70.2 Å². The van der Waals surface area contributed by atoms with E-state index < -0.39 is 11.9 Å². The van der Waals surface area contributed by atoms with E-state index in [9.17, 15) is 9.90 Å². The number of aryl methyl sites for hydroxylation is 1. The van der Waals surface area contributed by atoms with E-state index in [1.807, 2.05) is 37.3 Å². The number of benzene rings is 2. The summed E-state index contributed by atoms with van der Waals surface area (Å²) in [5.74, 6) is -1.50. The molecule has 0 heterocycles. The van der Waals surface area contributed by atoms with Crippen LogP contribution in [0.15, 0.2) is 48.5 Å². The number of carbonyl (C=O) groups is 1. The molecule has 1 unspecified atom stereocenters. The van der Waals surface area contributed by atoms with Crippen LogP contribution in [-0.2, 0) is 4.79 Å². The van der Waals surface area contributed by atoms with Crippen molar-refractivity contribution in [2.45, 2.75) is 12.8 Å². The third-order valence-electron chi connectivity index (χ3n) is 2.92. The van der Waals surface area contributed by atoms with Gasteiger partial charge in [0.15, 0.2) is 0 Å². The fourth-order valence-electron chi connectivity index (χ4n) is 2.06. The van der Waals surface area contributed by atoms with E-state index in [4.69, 9.17) is 11.6 Å². The first-order valence-corrected chi connectivity index (χ1v) is 6.01. The summed E-state index contributed by atoms with van der Waals surface area (Å²) >= 11 is 5.90. The van der Waals surface area contributed by atoms with Crippen LogP contribution < -0.4 is 0 Å². The van der Waals surface area contributed by atoms with Crippen molar-refractivity contribution >= 4 is 17.6 Å². The molecular formula is C15H13ClO2. The molecule has 0 aliphatic rings. The smallest absolute Gasteiger partial charge is 0.315 e. The summed E-state index contributed by atoms with van der Waals surface area (Å²) in [5, 5.41) is 10.1. The molecule has 0 aliphatic heterocycles. The molecule has 1 N–H and O–H groups in total. The molecule has 0 saturated heterocycles. The highest BCUT2D eigenvalue weighted by Crippen LogP contribution is 2.29. The minimum absolute atomic E-state index is 0.619. The first-order valence-electron chi connectivity index (χ1n) is 5.63. The Bertz CT molecular complexity index is 564. The molecule has 0 saturated carbocycles. The van der Waals surface area contributed by atoms with Gasteiger partial charge in [0.2, 0.25) is 0 Å². The Labute approximate surface area is 111 Å². The summed E-state index contributed by atoms with van der Waals surface area (Å²) in [4.78, 5) is 11.5. The van der Waals surface area contributed by atoms with E-state index >= 15 is 0 Å². The van der Waals surface area contributed by atoms with Crippen molar-refractivity contribution in [2.24, 2.45) is 0 Å². The van der Waals surface area contributed by atoms with Crippen molar-refractivity contribution in [3.63, 3.8) is 0 Å². The van der Waals surface area contributed by atoms with Gasteiger partial charge in [0.25, 0.3) is 0 Å². The summed E-state index contributed by atoms with van der Waals surface area (Å²) < 4.78 is 0. The van der Waals surface area contributed by atoms with Crippen LogP contribution in [-0.4, -0.2) is 11.1 Å². The molecule has 0 aromatic heterocycles. The molecule has 92 valence electrons. The van der Waals surface area contributed by atoms with E-state index in [1.165, 1.54) is 0 Å². The standard InChI is InChI=1S/C15H13ClO2/c1-10-9-12(16)7-8-13(10)14(15(17)18)11-5-3-2-4-6-11/h2-9,14H,1H3,(H,17,18). The van der Waals surface area contributed by atoms with E-state index in [-0.39, 0.29) is 0 Å². The predicted octanol–water partition coefficient (Wildman–Crippen LogP) is 3.86. The van der Waals surface area contributed by atoms with Crippen LogP contribution in [0.3, 0.4) is 0 Å². The highest BCUT2D eigenvalue weighted by atomic mass is 35.5. The van der Waals surface area contributed by atoms with Gasteiger partial charge in [0.05, 0.1) is 0 Å². The molecule has 3 heteroatoms. The number of aliphatic carboxylic acids is 1. The SMILES string of the molecule is Cc1cc(Cl)ccc1C(C(=O)O)c1ccccc1. The van der Waals surface area contributed by atoms with Crippen molar-refractivity contribution in [1.29, 1.82) is 0 Å². The summed E-state index contributed by atoms with van der Waals surface area (Å²) in [5.41, 5.74) is 2.44. The number of carboxylic acid groups (broad SMARTS) is 1. The number of hydrogen-bond acceptors (Lipinski definition) is 1. The van der Waals surface area contributed by atoms with Crippen LogP contribution in [0.25, 0.3) is 0 Å². The number of hydrogen-bond donors (Lipinski definition) is 1. The van der Waals surface area contributed by atoms with Gasteiger partial charge in [-0.15, -0.1) is 0 Å². The van der Waals surface area contributed by atoms with Gasteiger partial charge in [-0.3, -0.25) is 4.79 Å². The van der Waals surface area contributed by atoms with Gasteiger partial charge in [0, 0.05) is 5.02 Å². The minimum Gasteiger partial charge on any atom is -0.481 e. The molecule has 2 nitrogen and oxygen atoms in total. The Morgan fingerprint density at radius 3 is 2.39 bits per heavy atom. The first-order chi connectivity index (χ1) is 8.59. The first kappa shape index (κ1) is 12.7. The fraction of sp³-hybridized carbons (Fsp3) is 0.133. The van der Waals surface area contributed by atoms with Gasteiger partial charge in [-0.1, -0.05) is 48.0 Å². The maximum absolute atomic E-state index is 11.5. The molecule has 0 bridgehead atoms.